The number of amides is 1. The quantitative estimate of drug-likeness (QED) is 0.803. The lowest BCUT2D eigenvalue weighted by Crippen LogP contribution is -2.53. The Hall–Kier alpha value is -0.570. The Bertz CT molecular complexity index is 340. The summed E-state index contributed by atoms with van der Waals surface area (Å²) in [5, 5.41) is 6.67. The molecule has 1 aliphatic heterocycles. The minimum absolute atomic E-state index is 0.227. The highest BCUT2D eigenvalue weighted by Crippen LogP contribution is 2.67. The van der Waals surface area contributed by atoms with E-state index in [1.54, 1.807) is 0 Å². The number of nitrogens with one attached hydrogen (secondary N) is 2. The molecule has 0 spiro atoms. The van der Waals surface area contributed by atoms with E-state index in [0.717, 1.165) is 38.8 Å². The molecule has 0 radical (unpaired) electrons. The van der Waals surface area contributed by atoms with Crippen LogP contribution in [0.15, 0.2) is 0 Å². The highest BCUT2D eigenvalue weighted by Gasteiger charge is 2.64. The normalized spacial score (nSPS) is 32.3. The fourth-order valence-corrected chi connectivity index (χ4v) is 3.96. The van der Waals surface area contributed by atoms with E-state index in [2.05, 4.69) is 45.3 Å². The van der Waals surface area contributed by atoms with Gasteiger partial charge in [-0.25, -0.2) is 0 Å². The van der Waals surface area contributed by atoms with Gasteiger partial charge >= 0.3 is 0 Å². The maximum absolute atomic E-state index is 12.5. The third kappa shape index (κ3) is 2.31. The Morgan fingerprint density at radius 1 is 1.26 bits per heavy atom. The molecule has 110 valence electrons. The van der Waals surface area contributed by atoms with Crippen LogP contribution in [0.3, 0.4) is 0 Å². The Kier molecular flexibility index (Phi) is 3.72. The molecule has 1 saturated heterocycles. The van der Waals surface area contributed by atoms with E-state index in [0.29, 0.717) is 16.7 Å². The lowest BCUT2D eigenvalue weighted by Gasteiger charge is -2.28. The molecule has 2 rings (SSSR count). The van der Waals surface area contributed by atoms with E-state index in [1.165, 1.54) is 0 Å². The van der Waals surface area contributed by atoms with E-state index in [-0.39, 0.29) is 11.4 Å². The Morgan fingerprint density at radius 3 is 2.32 bits per heavy atom. The number of rotatable bonds is 5. The molecule has 0 aromatic rings. The summed E-state index contributed by atoms with van der Waals surface area (Å²) in [5.41, 5.74) is 0.417. The Morgan fingerprint density at radius 2 is 1.89 bits per heavy atom. The van der Waals surface area contributed by atoms with E-state index in [4.69, 9.17) is 0 Å². The van der Waals surface area contributed by atoms with Gasteiger partial charge in [-0.3, -0.25) is 4.79 Å². The summed E-state index contributed by atoms with van der Waals surface area (Å²) in [7, 11) is 0. The van der Waals surface area contributed by atoms with Crippen molar-refractivity contribution in [3.63, 3.8) is 0 Å². The molecule has 1 heterocycles. The predicted molar refractivity (Wildman–Crippen MR) is 78.9 cm³/mol. The average molecular weight is 266 g/mol. The summed E-state index contributed by atoms with van der Waals surface area (Å²) in [4.78, 5) is 12.5. The van der Waals surface area contributed by atoms with Crippen molar-refractivity contribution in [1.82, 2.24) is 10.6 Å². The van der Waals surface area contributed by atoms with Gasteiger partial charge in [-0.2, -0.15) is 0 Å². The van der Waals surface area contributed by atoms with E-state index in [9.17, 15) is 4.79 Å². The van der Waals surface area contributed by atoms with Crippen LogP contribution in [0, 0.1) is 16.7 Å². The highest BCUT2D eigenvalue weighted by atomic mass is 16.2. The molecule has 3 nitrogen and oxygen atoms in total. The fraction of sp³-hybridized carbons (Fsp3) is 0.938. The Labute approximate surface area is 117 Å². The van der Waals surface area contributed by atoms with Crippen LogP contribution in [0.2, 0.25) is 0 Å². The molecule has 19 heavy (non-hydrogen) atoms. The SMILES string of the molecule is CCCC1(C(=O)NCC2C(C)(C)C2(C)C)CCCN1. The van der Waals surface area contributed by atoms with Gasteiger partial charge in [0, 0.05) is 6.54 Å². The van der Waals surface area contributed by atoms with Gasteiger partial charge in [0.2, 0.25) is 5.91 Å². The molecule has 1 atom stereocenters. The number of hydrogen-bond donors (Lipinski definition) is 2. The third-order valence-corrected chi connectivity index (χ3v) is 6.14. The van der Waals surface area contributed by atoms with Crippen LogP contribution in [-0.2, 0) is 4.79 Å². The van der Waals surface area contributed by atoms with Gasteiger partial charge in [-0.05, 0) is 42.6 Å². The lowest BCUT2D eigenvalue weighted by atomic mass is 9.90. The summed E-state index contributed by atoms with van der Waals surface area (Å²) in [6.45, 7) is 13.2. The molecule has 1 aliphatic carbocycles. The number of carbonyl (C=O) groups is 1. The monoisotopic (exact) mass is 266 g/mol. The van der Waals surface area contributed by atoms with Crippen LogP contribution >= 0.6 is 0 Å². The summed E-state index contributed by atoms with van der Waals surface area (Å²) in [5.74, 6) is 0.828. The number of hydrogen-bond acceptors (Lipinski definition) is 2. The van der Waals surface area contributed by atoms with Crippen molar-refractivity contribution in [2.75, 3.05) is 13.1 Å². The molecule has 2 fully saturated rings. The summed E-state index contributed by atoms with van der Waals surface area (Å²) >= 11 is 0. The molecule has 2 N–H and O–H groups in total. The topological polar surface area (TPSA) is 41.1 Å². The Balaban J connectivity index is 1.91. The predicted octanol–water partition coefficient (Wildman–Crippen LogP) is 2.71. The van der Waals surface area contributed by atoms with Gasteiger partial charge in [-0.15, -0.1) is 0 Å². The maximum atomic E-state index is 12.5. The molecule has 0 aromatic carbocycles. The van der Waals surface area contributed by atoms with Crippen molar-refractivity contribution in [1.29, 1.82) is 0 Å². The third-order valence-electron chi connectivity index (χ3n) is 6.14. The fourth-order valence-electron chi connectivity index (χ4n) is 3.96. The minimum Gasteiger partial charge on any atom is -0.354 e. The first-order valence-electron chi connectivity index (χ1n) is 7.81. The van der Waals surface area contributed by atoms with Crippen molar-refractivity contribution in [3.8, 4) is 0 Å². The van der Waals surface area contributed by atoms with Gasteiger partial charge < -0.3 is 10.6 Å². The van der Waals surface area contributed by atoms with Gasteiger partial charge in [-0.1, -0.05) is 41.0 Å². The first kappa shape index (κ1) is 14.8. The number of carbonyl (C=O) groups excluding carboxylic acids is 1. The molecule has 3 heteroatoms. The standard InChI is InChI=1S/C16H30N2O/c1-6-8-16(9-7-10-18-16)13(19)17-11-12-14(2,3)15(12,4)5/h12,18H,6-11H2,1-5H3,(H,17,19). The second kappa shape index (κ2) is 4.76. The van der Waals surface area contributed by atoms with E-state index < -0.39 is 0 Å². The van der Waals surface area contributed by atoms with Crippen LogP contribution in [0.5, 0.6) is 0 Å². The van der Waals surface area contributed by atoms with Crippen LogP contribution in [0.1, 0.15) is 60.3 Å². The van der Waals surface area contributed by atoms with Crippen molar-refractivity contribution in [3.05, 3.63) is 0 Å². The first-order valence-corrected chi connectivity index (χ1v) is 7.81. The van der Waals surface area contributed by atoms with Gasteiger partial charge in [0.05, 0.1) is 5.54 Å². The molecule has 1 saturated carbocycles. The molecule has 2 aliphatic rings. The van der Waals surface area contributed by atoms with Gasteiger partial charge in [0.15, 0.2) is 0 Å². The smallest absolute Gasteiger partial charge is 0.240 e. The summed E-state index contributed by atoms with van der Waals surface area (Å²) in [6, 6.07) is 0. The van der Waals surface area contributed by atoms with E-state index in [1.807, 2.05) is 0 Å². The zero-order valence-corrected chi connectivity index (χ0v) is 13.2. The minimum atomic E-state index is -0.280. The lowest BCUT2D eigenvalue weighted by molar-refractivity contribution is -0.127. The molecule has 0 bridgehead atoms. The summed E-state index contributed by atoms with van der Waals surface area (Å²) < 4.78 is 0. The maximum Gasteiger partial charge on any atom is 0.240 e. The van der Waals surface area contributed by atoms with Crippen LogP contribution in [-0.4, -0.2) is 24.5 Å². The molecule has 1 unspecified atom stereocenters. The molecule has 0 aromatic heterocycles. The average Bonchev–Trinajstić information content (AvgIpc) is 2.72. The second-order valence-corrected chi connectivity index (χ2v) is 7.57. The van der Waals surface area contributed by atoms with Crippen LogP contribution < -0.4 is 10.6 Å². The molecular formula is C16H30N2O. The van der Waals surface area contributed by atoms with Crippen molar-refractivity contribution < 1.29 is 4.79 Å². The van der Waals surface area contributed by atoms with Gasteiger partial charge in [0.25, 0.3) is 0 Å². The first-order chi connectivity index (χ1) is 8.78. The largest absolute Gasteiger partial charge is 0.354 e. The van der Waals surface area contributed by atoms with Crippen LogP contribution in [0.25, 0.3) is 0 Å². The van der Waals surface area contributed by atoms with Crippen molar-refractivity contribution in [2.45, 2.75) is 65.8 Å². The van der Waals surface area contributed by atoms with Crippen molar-refractivity contribution in [2.24, 2.45) is 16.7 Å². The zero-order chi connectivity index (χ0) is 14.3. The molecular weight excluding hydrogens is 236 g/mol. The van der Waals surface area contributed by atoms with E-state index >= 15 is 0 Å². The zero-order valence-electron chi connectivity index (χ0n) is 13.2. The second-order valence-electron chi connectivity index (χ2n) is 7.57. The molecule has 1 amide bonds. The van der Waals surface area contributed by atoms with Crippen molar-refractivity contribution >= 4 is 5.91 Å². The van der Waals surface area contributed by atoms with Crippen LogP contribution in [0.4, 0.5) is 0 Å². The summed E-state index contributed by atoms with van der Waals surface area (Å²) in [6.07, 6.45) is 4.12. The van der Waals surface area contributed by atoms with Gasteiger partial charge in [0.1, 0.15) is 0 Å². The highest BCUT2D eigenvalue weighted by molar-refractivity contribution is 5.86.